The average molecular weight is 200 g/mol. The molecule has 0 fully saturated rings. The van der Waals surface area contributed by atoms with Gasteiger partial charge in [-0.05, 0) is 32.3 Å². The smallest absolute Gasteiger partial charge is 0.121 e. The third kappa shape index (κ3) is 2.20. The molecule has 0 amide bonds. The van der Waals surface area contributed by atoms with Gasteiger partial charge in [-0.3, -0.25) is 0 Å². The predicted octanol–water partition coefficient (Wildman–Crippen LogP) is 3.70. The highest BCUT2D eigenvalue weighted by atomic mass is 31.1. The van der Waals surface area contributed by atoms with Crippen LogP contribution in [0.25, 0.3) is 0 Å². The largest absolute Gasteiger partial charge is 0.243 e. The van der Waals surface area contributed by atoms with Crippen molar-refractivity contribution in [2.45, 2.75) is 32.4 Å². The van der Waals surface area contributed by atoms with Crippen LogP contribution >= 0.6 is 8.20 Å². The molecule has 0 spiro atoms. The highest BCUT2D eigenvalue weighted by Crippen LogP contribution is 2.39. The van der Waals surface area contributed by atoms with Crippen molar-refractivity contribution < 1.29 is 4.39 Å². The molecule has 0 aromatic heterocycles. The Morgan fingerprint density at radius 1 is 1.69 bits per heavy atom. The van der Waals surface area contributed by atoms with Gasteiger partial charge < -0.3 is 0 Å². The van der Waals surface area contributed by atoms with Crippen molar-refractivity contribution in [1.29, 1.82) is 0 Å². The van der Waals surface area contributed by atoms with Gasteiger partial charge in [0.25, 0.3) is 0 Å². The second-order valence-corrected chi connectivity index (χ2v) is 4.67. The van der Waals surface area contributed by atoms with Gasteiger partial charge in [0.1, 0.15) is 5.67 Å². The van der Waals surface area contributed by atoms with E-state index in [0.717, 1.165) is 12.8 Å². The second kappa shape index (κ2) is 4.37. The molecule has 1 rings (SSSR count). The van der Waals surface area contributed by atoms with Crippen LogP contribution in [0.4, 0.5) is 4.39 Å². The molecular weight excluding hydrogens is 182 g/mol. The van der Waals surface area contributed by atoms with E-state index in [1.54, 1.807) is 6.92 Å². The summed E-state index contributed by atoms with van der Waals surface area (Å²) in [4.78, 5) is 0. The Kier molecular flexibility index (Phi) is 3.67. The second-order valence-electron chi connectivity index (χ2n) is 3.85. The van der Waals surface area contributed by atoms with Crippen LogP contribution < -0.4 is 0 Å². The highest BCUT2D eigenvalue weighted by Gasteiger charge is 2.39. The van der Waals surface area contributed by atoms with E-state index in [2.05, 4.69) is 18.8 Å². The van der Waals surface area contributed by atoms with E-state index in [9.17, 15) is 4.39 Å². The monoisotopic (exact) mass is 200 g/mol. The number of alkyl halides is 1. The van der Waals surface area contributed by atoms with Gasteiger partial charge in [0.2, 0.25) is 0 Å². The molecule has 0 aromatic carbocycles. The third-order valence-corrected chi connectivity index (χ3v) is 3.64. The van der Waals surface area contributed by atoms with Gasteiger partial charge in [-0.25, -0.2) is 4.39 Å². The summed E-state index contributed by atoms with van der Waals surface area (Å²) < 4.78 is 14.3. The lowest BCUT2D eigenvalue weighted by Crippen LogP contribution is -2.39. The first-order valence-corrected chi connectivity index (χ1v) is 6.31. The van der Waals surface area contributed by atoms with E-state index in [1.165, 1.54) is 8.20 Å². The zero-order chi connectivity index (χ0) is 9.90. The molecule has 0 N–H and O–H groups in total. The molecule has 0 heterocycles. The number of halogens is 1. The van der Waals surface area contributed by atoms with E-state index in [1.807, 2.05) is 12.7 Å². The van der Waals surface area contributed by atoms with Gasteiger partial charge >= 0.3 is 0 Å². The normalized spacial score (nSPS) is 40.0. The van der Waals surface area contributed by atoms with Crippen LogP contribution in [-0.2, 0) is 0 Å². The fourth-order valence-corrected chi connectivity index (χ4v) is 2.71. The maximum atomic E-state index is 14.3. The summed E-state index contributed by atoms with van der Waals surface area (Å²) in [5.74, 6) is 2.26. The Hall–Kier alpha value is -0.160. The first-order chi connectivity index (χ1) is 6.12. The Labute approximate surface area is 82.0 Å². The van der Waals surface area contributed by atoms with Crippen LogP contribution in [0.5, 0.6) is 0 Å². The molecule has 13 heavy (non-hydrogen) atoms. The Balaban J connectivity index is 2.85. The number of hydrogen-bond donors (Lipinski definition) is 0. The zero-order valence-corrected chi connectivity index (χ0v) is 9.52. The fourth-order valence-electron chi connectivity index (χ4n) is 2.00. The molecule has 0 saturated carbocycles. The average Bonchev–Trinajstić information content (AvgIpc) is 2.08. The van der Waals surface area contributed by atoms with Crippen LogP contribution in [0.15, 0.2) is 12.2 Å². The SMILES string of the molecule is CCC1CC=CC(C=PC)C1(C)F. The molecular formula is C11H18FP. The van der Waals surface area contributed by atoms with Crippen molar-refractivity contribution in [2.24, 2.45) is 11.8 Å². The molecule has 1 aliphatic carbocycles. The van der Waals surface area contributed by atoms with Crippen LogP contribution in [0.2, 0.25) is 0 Å². The number of rotatable bonds is 2. The summed E-state index contributed by atoms with van der Waals surface area (Å²) in [6, 6.07) is 0. The molecule has 1 aliphatic rings. The van der Waals surface area contributed by atoms with Crippen molar-refractivity contribution in [3.05, 3.63) is 12.2 Å². The molecule has 0 bridgehead atoms. The van der Waals surface area contributed by atoms with E-state index >= 15 is 0 Å². The summed E-state index contributed by atoms with van der Waals surface area (Å²) in [5, 5.41) is 0. The Bertz CT molecular complexity index is 218. The van der Waals surface area contributed by atoms with Gasteiger partial charge in [0, 0.05) is 5.92 Å². The lowest BCUT2D eigenvalue weighted by molar-refractivity contribution is 0.0741. The summed E-state index contributed by atoms with van der Waals surface area (Å²) in [5.41, 5.74) is -1.04. The molecule has 0 saturated heterocycles. The molecule has 74 valence electrons. The van der Waals surface area contributed by atoms with Gasteiger partial charge in [0.15, 0.2) is 0 Å². The van der Waals surface area contributed by atoms with E-state index in [0.29, 0.717) is 0 Å². The van der Waals surface area contributed by atoms with Crippen molar-refractivity contribution in [3.8, 4) is 0 Å². The first-order valence-electron chi connectivity index (χ1n) is 4.90. The third-order valence-electron chi connectivity index (χ3n) is 3.02. The lowest BCUT2D eigenvalue weighted by atomic mass is 9.74. The number of allylic oxidation sites excluding steroid dienone is 2. The Morgan fingerprint density at radius 2 is 2.38 bits per heavy atom. The fraction of sp³-hybridized carbons (Fsp3) is 0.727. The summed E-state index contributed by atoms with van der Waals surface area (Å²) in [6.45, 7) is 5.86. The van der Waals surface area contributed by atoms with Crippen LogP contribution in [-0.4, -0.2) is 18.1 Å². The van der Waals surface area contributed by atoms with Gasteiger partial charge in [-0.1, -0.05) is 24.9 Å². The predicted molar refractivity (Wildman–Crippen MR) is 59.4 cm³/mol. The van der Waals surface area contributed by atoms with Crippen molar-refractivity contribution >= 4 is 14.0 Å². The van der Waals surface area contributed by atoms with Crippen LogP contribution in [0, 0.1) is 11.8 Å². The first kappa shape index (κ1) is 10.9. The Morgan fingerprint density at radius 3 is 2.92 bits per heavy atom. The summed E-state index contributed by atoms with van der Waals surface area (Å²) >= 11 is 0. The van der Waals surface area contributed by atoms with E-state index in [4.69, 9.17) is 0 Å². The topological polar surface area (TPSA) is 0 Å². The van der Waals surface area contributed by atoms with Gasteiger partial charge in [-0.15, -0.1) is 8.20 Å². The zero-order valence-electron chi connectivity index (χ0n) is 8.63. The van der Waals surface area contributed by atoms with E-state index in [-0.39, 0.29) is 11.8 Å². The van der Waals surface area contributed by atoms with Crippen LogP contribution in [0.1, 0.15) is 26.7 Å². The van der Waals surface area contributed by atoms with E-state index < -0.39 is 5.67 Å². The lowest BCUT2D eigenvalue weighted by Gasteiger charge is -2.36. The number of hydrogen-bond acceptors (Lipinski definition) is 0. The maximum Gasteiger partial charge on any atom is 0.121 e. The minimum Gasteiger partial charge on any atom is -0.243 e. The minimum absolute atomic E-state index is 0.0119. The van der Waals surface area contributed by atoms with Gasteiger partial charge in [0.05, 0.1) is 0 Å². The molecule has 0 radical (unpaired) electrons. The molecule has 0 aliphatic heterocycles. The van der Waals surface area contributed by atoms with Gasteiger partial charge in [-0.2, -0.15) is 0 Å². The molecule has 0 aromatic rings. The van der Waals surface area contributed by atoms with Crippen LogP contribution in [0.3, 0.4) is 0 Å². The summed E-state index contributed by atoms with van der Waals surface area (Å²) in [6.07, 6.45) is 5.97. The van der Waals surface area contributed by atoms with Crippen molar-refractivity contribution in [1.82, 2.24) is 0 Å². The molecule has 0 nitrogen and oxygen atoms in total. The summed E-state index contributed by atoms with van der Waals surface area (Å²) in [7, 11) is 1.17. The van der Waals surface area contributed by atoms with Crippen molar-refractivity contribution in [2.75, 3.05) is 6.66 Å². The minimum atomic E-state index is -1.04. The standard InChI is InChI=1S/C11H18FP/c1-4-9-6-5-7-10(8-13-3)11(9,2)12/h5,7-10H,4,6H2,1-3H3. The van der Waals surface area contributed by atoms with Crippen molar-refractivity contribution in [3.63, 3.8) is 0 Å². The molecule has 3 atom stereocenters. The maximum absolute atomic E-state index is 14.3. The molecule has 3 unspecified atom stereocenters. The quantitative estimate of drug-likeness (QED) is 0.471. The highest BCUT2D eigenvalue weighted by molar-refractivity contribution is 7.37. The molecule has 2 heteroatoms.